The Morgan fingerprint density at radius 3 is 2.76 bits per heavy atom. The molecule has 0 saturated carbocycles. The normalized spacial score (nSPS) is 18.0. The highest BCUT2D eigenvalue weighted by Gasteiger charge is 2.32. The fraction of sp³-hybridized carbons (Fsp3) is 0.333. The van der Waals surface area contributed by atoms with Crippen LogP contribution in [0.4, 0.5) is 4.79 Å². The molecule has 1 aromatic heterocycles. The summed E-state index contributed by atoms with van der Waals surface area (Å²) < 4.78 is 10.9. The van der Waals surface area contributed by atoms with Crippen LogP contribution in [0.5, 0.6) is 11.5 Å². The molecule has 2 aliphatic heterocycles. The maximum absolute atomic E-state index is 12.7. The van der Waals surface area contributed by atoms with Crippen LogP contribution in [-0.4, -0.2) is 59.6 Å². The number of ether oxygens (including phenoxy) is 2. The summed E-state index contributed by atoms with van der Waals surface area (Å²) in [5, 5.41) is 12.4. The average molecular weight is 414 g/mol. The van der Waals surface area contributed by atoms with E-state index in [1.807, 2.05) is 17.5 Å². The molecule has 1 saturated heterocycles. The number of Topliss-reactive ketones (excluding diaryl/α,β-unsaturated/α-hetero) is 1. The van der Waals surface area contributed by atoms with Gasteiger partial charge >= 0.3 is 6.09 Å². The van der Waals surface area contributed by atoms with E-state index in [-0.39, 0.29) is 23.4 Å². The van der Waals surface area contributed by atoms with Crippen molar-refractivity contribution in [2.24, 2.45) is 0 Å². The second kappa shape index (κ2) is 8.26. The zero-order valence-electron chi connectivity index (χ0n) is 16.1. The summed E-state index contributed by atoms with van der Waals surface area (Å²) >= 11 is 1.52. The van der Waals surface area contributed by atoms with Crippen molar-refractivity contribution in [2.45, 2.75) is 13.5 Å². The number of allylic oxidation sites excluding steroid dienone is 1. The quantitative estimate of drug-likeness (QED) is 0.773. The number of thiophene rings is 1. The third kappa shape index (κ3) is 3.99. The molecule has 0 atom stereocenters. The molecule has 2 aliphatic rings. The molecular weight excluding hydrogens is 392 g/mol. The molecule has 0 spiro atoms. The summed E-state index contributed by atoms with van der Waals surface area (Å²) in [5.74, 6) is 0.607. The number of amides is 1. The standard InChI is InChI=1S/C21H22N2O5S/c1-2-27-21(26)23-9-7-22(8-10-23)13-16-17(24)6-5-15-19(25)18(28-20(15)16)12-14-4-3-11-29-14/h3-6,11-12,24H,2,7-10,13H2,1H3/b18-12+. The van der Waals surface area contributed by atoms with E-state index in [4.69, 9.17) is 9.47 Å². The van der Waals surface area contributed by atoms with Crippen LogP contribution in [0, 0.1) is 0 Å². The zero-order valence-corrected chi connectivity index (χ0v) is 16.9. The lowest BCUT2D eigenvalue weighted by Gasteiger charge is -2.34. The largest absolute Gasteiger partial charge is 0.507 e. The number of carbonyl (C=O) groups excluding carboxylic acids is 2. The molecular formula is C21H22N2O5S. The van der Waals surface area contributed by atoms with Gasteiger partial charge < -0.3 is 19.5 Å². The van der Waals surface area contributed by atoms with Crippen LogP contribution in [0.15, 0.2) is 35.4 Å². The second-order valence-corrected chi connectivity index (χ2v) is 7.84. The monoisotopic (exact) mass is 414 g/mol. The molecule has 4 rings (SSSR count). The fourth-order valence-electron chi connectivity index (χ4n) is 3.48. The predicted octanol–water partition coefficient (Wildman–Crippen LogP) is 3.34. The number of aromatic hydroxyl groups is 1. The number of hydrogen-bond acceptors (Lipinski definition) is 7. The molecule has 0 unspecified atom stereocenters. The Morgan fingerprint density at radius 1 is 1.28 bits per heavy atom. The van der Waals surface area contributed by atoms with Crippen LogP contribution >= 0.6 is 11.3 Å². The second-order valence-electron chi connectivity index (χ2n) is 6.86. The number of piperazine rings is 1. The Hall–Kier alpha value is -2.84. The Balaban J connectivity index is 1.50. The Kier molecular flexibility index (Phi) is 5.55. The first-order chi connectivity index (χ1) is 14.1. The maximum atomic E-state index is 12.7. The van der Waals surface area contributed by atoms with Crippen LogP contribution in [0.2, 0.25) is 0 Å². The van der Waals surface area contributed by atoms with Gasteiger partial charge in [-0.1, -0.05) is 6.07 Å². The molecule has 1 amide bonds. The van der Waals surface area contributed by atoms with E-state index >= 15 is 0 Å². The molecule has 0 radical (unpaired) electrons. The highest BCUT2D eigenvalue weighted by molar-refractivity contribution is 7.10. The van der Waals surface area contributed by atoms with Crippen LogP contribution in [-0.2, 0) is 11.3 Å². The van der Waals surface area contributed by atoms with Crippen molar-refractivity contribution < 1.29 is 24.2 Å². The summed E-state index contributed by atoms with van der Waals surface area (Å²) in [6.45, 7) is 4.98. The predicted molar refractivity (Wildman–Crippen MR) is 109 cm³/mol. The lowest BCUT2D eigenvalue weighted by Crippen LogP contribution is -2.48. The molecule has 8 heteroatoms. The van der Waals surface area contributed by atoms with Crippen LogP contribution in [0.3, 0.4) is 0 Å². The van der Waals surface area contributed by atoms with Crippen LogP contribution in [0.1, 0.15) is 27.7 Å². The van der Waals surface area contributed by atoms with Crippen molar-refractivity contribution >= 4 is 29.3 Å². The van der Waals surface area contributed by atoms with E-state index in [1.54, 1.807) is 30.0 Å². The molecule has 7 nitrogen and oxygen atoms in total. The molecule has 152 valence electrons. The minimum absolute atomic E-state index is 0.0988. The Bertz CT molecular complexity index is 946. The number of ketones is 1. The van der Waals surface area contributed by atoms with Gasteiger partial charge in [-0.3, -0.25) is 9.69 Å². The van der Waals surface area contributed by atoms with Gasteiger partial charge in [-0.15, -0.1) is 11.3 Å². The molecule has 0 aliphatic carbocycles. The number of phenols is 1. The average Bonchev–Trinajstić information content (AvgIpc) is 3.34. The molecule has 0 bridgehead atoms. The Morgan fingerprint density at radius 2 is 2.07 bits per heavy atom. The van der Waals surface area contributed by atoms with Gasteiger partial charge in [0.1, 0.15) is 11.5 Å². The number of phenolic OH excluding ortho intramolecular Hbond substituents is 1. The van der Waals surface area contributed by atoms with Gasteiger partial charge in [0, 0.05) is 43.7 Å². The van der Waals surface area contributed by atoms with Gasteiger partial charge in [0.25, 0.3) is 0 Å². The van der Waals surface area contributed by atoms with Gasteiger partial charge in [0.15, 0.2) is 5.76 Å². The molecule has 1 fully saturated rings. The highest BCUT2D eigenvalue weighted by Crippen LogP contribution is 2.40. The third-order valence-corrected chi connectivity index (χ3v) is 5.83. The van der Waals surface area contributed by atoms with Crippen molar-refractivity contribution in [2.75, 3.05) is 32.8 Å². The topological polar surface area (TPSA) is 79.3 Å². The molecule has 1 aromatic carbocycles. The zero-order chi connectivity index (χ0) is 20.4. The minimum atomic E-state index is -0.298. The smallest absolute Gasteiger partial charge is 0.409 e. The highest BCUT2D eigenvalue weighted by atomic mass is 32.1. The first kappa shape index (κ1) is 19.5. The van der Waals surface area contributed by atoms with Gasteiger partial charge in [-0.2, -0.15) is 0 Å². The summed E-state index contributed by atoms with van der Waals surface area (Å²) in [4.78, 5) is 29.3. The summed E-state index contributed by atoms with van der Waals surface area (Å²) in [6, 6.07) is 6.97. The van der Waals surface area contributed by atoms with Gasteiger partial charge in [0.2, 0.25) is 5.78 Å². The number of nitrogens with zero attached hydrogens (tertiary/aromatic N) is 2. The van der Waals surface area contributed by atoms with E-state index in [0.29, 0.717) is 56.2 Å². The van der Waals surface area contributed by atoms with E-state index < -0.39 is 0 Å². The van der Waals surface area contributed by atoms with Crippen molar-refractivity contribution in [1.29, 1.82) is 0 Å². The number of carbonyl (C=O) groups is 2. The lowest BCUT2D eigenvalue weighted by molar-refractivity contribution is 0.0774. The van der Waals surface area contributed by atoms with Gasteiger partial charge in [-0.05, 0) is 30.5 Å². The van der Waals surface area contributed by atoms with Crippen molar-refractivity contribution in [3.05, 3.63) is 51.4 Å². The summed E-state index contributed by atoms with van der Waals surface area (Å²) in [5.41, 5.74) is 1.06. The first-order valence-electron chi connectivity index (χ1n) is 9.53. The van der Waals surface area contributed by atoms with Crippen molar-refractivity contribution in [3.63, 3.8) is 0 Å². The number of rotatable bonds is 4. The van der Waals surface area contributed by atoms with Crippen molar-refractivity contribution in [1.82, 2.24) is 9.80 Å². The van der Waals surface area contributed by atoms with Gasteiger partial charge in [-0.25, -0.2) is 4.79 Å². The molecule has 2 aromatic rings. The van der Waals surface area contributed by atoms with Crippen molar-refractivity contribution in [3.8, 4) is 11.5 Å². The van der Waals surface area contributed by atoms with Crippen LogP contribution in [0.25, 0.3) is 6.08 Å². The fourth-order valence-corrected chi connectivity index (χ4v) is 4.13. The van der Waals surface area contributed by atoms with E-state index in [1.165, 1.54) is 11.3 Å². The minimum Gasteiger partial charge on any atom is -0.507 e. The number of fused-ring (bicyclic) bond motifs is 1. The molecule has 3 heterocycles. The summed E-state index contributed by atoms with van der Waals surface area (Å²) in [7, 11) is 0. The summed E-state index contributed by atoms with van der Waals surface area (Å²) in [6.07, 6.45) is 1.43. The van der Waals surface area contributed by atoms with Gasteiger partial charge in [0.05, 0.1) is 17.7 Å². The van der Waals surface area contributed by atoms with Crippen LogP contribution < -0.4 is 4.74 Å². The third-order valence-electron chi connectivity index (χ3n) is 5.01. The maximum Gasteiger partial charge on any atom is 0.409 e. The number of benzene rings is 1. The molecule has 1 N–H and O–H groups in total. The SMILES string of the molecule is CCOC(=O)N1CCN(Cc2c(O)ccc3c2O/C(=C/c2cccs2)C3=O)CC1. The number of hydrogen-bond donors (Lipinski definition) is 1. The van der Waals surface area contributed by atoms with E-state index in [9.17, 15) is 14.7 Å². The molecule has 29 heavy (non-hydrogen) atoms. The first-order valence-corrected chi connectivity index (χ1v) is 10.4. The Labute approximate surface area is 172 Å². The lowest BCUT2D eigenvalue weighted by atomic mass is 10.0. The van der Waals surface area contributed by atoms with E-state index in [2.05, 4.69) is 4.90 Å². The van der Waals surface area contributed by atoms with E-state index in [0.717, 1.165) is 4.88 Å².